The van der Waals surface area contributed by atoms with Crippen molar-refractivity contribution in [3.63, 3.8) is 0 Å². The highest BCUT2D eigenvalue weighted by Crippen LogP contribution is 2.22. The number of nitrogens with one attached hydrogen (secondary N) is 1. The van der Waals surface area contributed by atoms with E-state index in [9.17, 15) is 4.79 Å². The van der Waals surface area contributed by atoms with Crippen LogP contribution in [-0.2, 0) is 11.3 Å². The van der Waals surface area contributed by atoms with Gasteiger partial charge in [-0.15, -0.1) is 0 Å². The molecule has 0 aromatic heterocycles. The number of nitrogens with zero attached hydrogens (tertiary/aromatic N) is 2. The Balaban J connectivity index is 1.65. The van der Waals surface area contributed by atoms with Crippen molar-refractivity contribution in [2.45, 2.75) is 39.3 Å². The van der Waals surface area contributed by atoms with Crippen LogP contribution in [-0.4, -0.2) is 37.0 Å². The molecule has 1 heterocycles. The van der Waals surface area contributed by atoms with Crippen molar-refractivity contribution in [1.82, 2.24) is 10.2 Å². The fourth-order valence-electron chi connectivity index (χ4n) is 3.84. The average molecular weight is 366 g/mol. The molecule has 1 saturated heterocycles. The number of likely N-dealkylation sites (N-methyl/N-ethyl adjacent to an activating group) is 1. The highest BCUT2D eigenvalue weighted by atomic mass is 16.2. The van der Waals surface area contributed by atoms with Crippen LogP contribution < -0.4 is 10.2 Å². The van der Waals surface area contributed by atoms with Crippen molar-refractivity contribution in [2.24, 2.45) is 0 Å². The van der Waals surface area contributed by atoms with Gasteiger partial charge in [0.05, 0.1) is 0 Å². The molecule has 0 bridgehead atoms. The number of carbonyl (C=O) groups is 1. The first kappa shape index (κ1) is 19.4. The lowest BCUT2D eigenvalue weighted by Crippen LogP contribution is -2.40. The summed E-state index contributed by atoms with van der Waals surface area (Å²) in [5, 5.41) is 3.14. The summed E-state index contributed by atoms with van der Waals surface area (Å²) in [6.45, 7) is 8.75. The number of rotatable bonds is 8. The van der Waals surface area contributed by atoms with E-state index < -0.39 is 0 Å². The molecule has 4 heteroatoms. The SMILES string of the molecule is CCN(CC)C(C(=O)NCc1ccc(N2CCCC2)cc1)c1ccccc1. The second-order valence-corrected chi connectivity index (χ2v) is 7.11. The molecule has 1 aliphatic heterocycles. The van der Waals surface area contributed by atoms with Crippen LogP contribution in [0.3, 0.4) is 0 Å². The van der Waals surface area contributed by atoms with Gasteiger partial charge in [-0.05, 0) is 49.2 Å². The highest BCUT2D eigenvalue weighted by Gasteiger charge is 2.25. The lowest BCUT2D eigenvalue weighted by Gasteiger charge is -2.29. The van der Waals surface area contributed by atoms with Crippen LogP contribution in [0.15, 0.2) is 54.6 Å². The second kappa shape index (κ2) is 9.56. The molecule has 1 N–H and O–H groups in total. The summed E-state index contributed by atoms with van der Waals surface area (Å²) in [5.74, 6) is 0.0634. The molecule has 4 nitrogen and oxygen atoms in total. The Morgan fingerprint density at radius 3 is 2.22 bits per heavy atom. The third-order valence-corrected chi connectivity index (χ3v) is 5.42. The Morgan fingerprint density at radius 2 is 1.63 bits per heavy atom. The van der Waals surface area contributed by atoms with Crippen molar-refractivity contribution >= 4 is 11.6 Å². The minimum absolute atomic E-state index is 0.0634. The standard InChI is InChI=1S/C23H31N3O/c1-3-25(4-2)22(20-10-6-5-7-11-20)23(27)24-18-19-12-14-21(15-13-19)26-16-8-9-17-26/h5-7,10-15,22H,3-4,8-9,16-18H2,1-2H3,(H,24,27). The summed E-state index contributed by atoms with van der Waals surface area (Å²) in [6, 6.07) is 18.4. The van der Waals surface area contributed by atoms with Gasteiger partial charge in [-0.2, -0.15) is 0 Å². The predicted octanol–water partition coefficient (Wildman–Crippen LogP) is 3.99. The Labute approximate surface area is 163 Å². The molecule has 1 fully saturated rings. The summed E-state index contributed by atoms with van der Waals surface area (Å²) < 4.78 is 0. The Hall–Kier alpha value is -2.33. The van der Waals surface area contributed by atoms with Crippen LogP contribution in [0, 0.1) is 0 Å². The molecule has 3 rings (SSSR count). The predicted molar refractivity (Wildman–Crippen MR) is 112 cm³/mol. The average Bonchev–Trinajstić information content (AvgIpc) is 3.26. The lowest BCUT2D eigenvalue weighted by atomic mass is 10.0. The molecule has 0 saturated carbocycles. The minimum Gasteiger partial charge on any atom is -0.372 e. The van der Waals surface area contributed by atoms with E-state index in [4.69, 9.17) is 0 Å². The fraction of sp³-hybridized carbons (Fsp3) is 0.435. The maximum atomic E-state index is 13.0. The molecule has 27 heavy (non-hydrogen) atoms. The van der Waals surface area contributed by atoms with Gasteiger partial charge in [0, 0.05) is 25.3 Å². The van der Waals surface area contributed by atoms with Gasteiger partial charge in [0.2, 0.25) is 5.91 Å². The van der Waals surface area contributed by atoms with Gasteiger partial charge in [0.1, 0.15) is 6.04 Å². The van der Waals surface area contributed by atoms with Crippen LogP contribution in [0.25, 0.3) is 0 Å². The number of hydrogen-bond donors (Lipinski definition) is 1. The summed E-state index contributed by atoms with van der Waals surface area (Å²) in [4.78, 5) is 17.6. The van der Waals surface area contributed by atoms with Crippen LogP contribution in [0.4, 0.5) is 5.69 Å². The molecule has 1 unspecified atom stereocenters. The topological polar surface area (TPSA) is 35.6 Å². The molecular formula is C23H31N3O. The van der Waals surface area contributed by atoms with E-state index in [0.29, 0.717) is 6.54 Å². The monoisotopic (exact) mass is 365 g/mol. The smallest absolute Gasteiger partial charge is 0.242 e. The van der Waals surface area contributed by atoms with Crippen molar-refractivity contribution in [1.29, 1.82) is 0 Å². The first-order valence-electron chi connectivity index (χ1n) is 10.1. The Kier molecular flexibility index (Phi) is 6.88. The third-order valence-electron chi connectivity index (χ3n) is 5.42. The molecule has 2 aromatic carbocycles. The van der Waals surface area contributed by atoms with Crippen LogP contribution in [0.2, 0.25) is 0 Å². The van der Waals surface area contributed by atoms with Crippen molar-refractivity contribution < 1.29 is 4.79 Å². The molecule has 1 amide bonds. The molecule has 1 atom stereocenters. The molecule has 0 spiro atoms. The Bertz CT molecular complexity index is 704. The van der Waals surface area contributed by atoms with Gasteiger partial charge in [-0.3, -0.25) is 9.69 Å². The molecule has 0 radical (unpaired) electrons. The van der Waals surface area contributed by atoms with Gasteiger partial charge in [0.25, 0.3) is 0 Å². The summed E-state index contributed by atoms with van der Waals surface area (Å²) in [6.07, 6.45) is 2.56. The van der Waals surface area contributed by atoms with Crippen LogP contribution in [0.1, 0.15) is 43.9 Å². The number of anilines is 1. The highest BCUT2D eigenvalue weighted by molar-refractivity contribution is 5.83. The van der Waals surface area contributed by atoms with Crippen molar-refractivity contribution in [2.75, 3.05) is 31.1 Å². The lowest BCUT2D eigenvalue weighted by molar-refractivity contribution is -0.126. The first-order chi connectivity index (χ1) is 13.2. The largest absolute Gasteiger partial charge is 0.372 e. The molecule has 1 aliphatic rings. The molecule has 2 aromatic rings. The zero-order valence-corrected chi connectivity index (χ0v) is 16.5. The van der Waals surface area contributed by atoms with E-state index in [0.717, 1.165) is 37.3 Å². The van der Waals surface area contributed by atoms with Gasteiger partial charge in [0.15, 0.2) is 0 Å². The number of carbonyl (C=O) groups excluding carboxylic acids is 1. The van der Waals surface area contributed by atoms with Gasteiger partial charge in [-0.1, -0.05) is 56.3 Å². The molecule has 0 aliphatic carbocycles. The van der Waals surface area contributed by atoms with E-state index >= 15 is 0 Å². The second-order valence-electron chi connectivity index (χ2n) is 7.11. The third kappa shape index (κ3) is 4.89. The maximum absolute atomic E-state index is 13.0. The number of benzene rings is 2. The molecular weight excluding hydrogens is 334 g/mol. The van der Waals surface area contributed by atoms with E-state index in [1.165, 1.54) is 18.5 Å². The fourth-order valence-corrected chi connectivity index (χ4v) is 3.84. The number of hydrogen-bond acceptors (Lipinski definition) is 3. The van der Waals surface area contributed by atoms with E-state index in [1.807, 2.05) is 30.3 Å². The number of amides is 1. The quantitative estimate of drug-likeness (QED) is 0.768. The van der Waals surface area contributed by atoms with Gasteiger partial charge < -0.3 is 10.2 Å². The minimum atomic E-state index is -0.245. The van der Waals surface area contributed by atoms with Gasteiger partial charge in [-0.25, -0.2) is 0 Å². The molecule has 144 valence electrons. The zero-order valence-electron chi connectivity index (χ0n) is 16.5. The van der Waals surface area contributed by atoms with E-state index in [-0.39, 0.29) is 11.9 Å². The van der Waals surface area contributed by atoms with Gasteiger partial charge >= 0.3 is 0 Å². The summed E-state index contributed by atoms with van der Waals surface area (Å²) in [7, 11) is 0. The Morgan fingerprint density at radius 1 is 1.00 bits per heavy atom. The van der Waals surface area contributed by atoms with E-state index in [2.05, 4.69) is 53.2 Å². The summed E-state index contributed by atoms with van der Waals surface area (Å²) in [5.41, 5.74) is 3.47. The van der Waals surface area contributed by atoms with Crippen LogP contribution in [0.5, 0.6) is 0 Å². The summed E-state index contributed by atoms with van der Waals surface area (Å²) >= 11 is 0. The normalized spacial score (nSPS) is 15.1. The van der Waals surface area contributed by atoms with Crippen molar-refractivity contribution in [3.8, 4) is 0 Å². The van der Waals surface area contributed by atoms with Crippen LogP contribution >= 0.6 is 0 Å². The van der Waals surface area contributed by atoms with Crippen molar-refractivity contribution in [3.05, 3.63) is 65.7 Å². The van der Waals surface area contributed by atoms with E-state index in [1.54, 1.807) is 0 Å². The zero-order chi connectivity index (χ0) is 19.1. The first-order valence-corrected chi connectivity index (χ1v) is 10.1. The maximum Gasteiger partial charge on any atom is 0.242 e.